The highest BCUT2D eigenvalue weighted by Crippen LogP contribution is 2.18. The Labute approximate surface area is 133 Å². The lowest BCUT2D eigenvalue weighted by atomic mass is 10.0. The van der Waals surface area contributed by atoms with Gasteiger partial charge < -0.3 is 30.3 Å². The molecule has 0 radical (unpaired) electrons. The SMILES string of the molecule is CC(C)(C)OC(=O)N(CCNC(CO)(CO)CO)C(C)(C)C. The maximum atomic E-state index is 12.3. The molecule has 0 heterocycles. The number of rotatable bonds is 7. The Kier molecular flexibility index (Phi) is 7.77. The van der Waals surface area contributed by atoms with E-state index < -0.39 is 42.6 Å². The van der Waals surface area contributed by atoms with Crippen LogP contribution >= 0.6 is 0 Å². The molecule has 7 heteroatoms. The first-order chi connectivity index (χ1) is 9.90. The van der Waals surface area contributed by atoms with E-state index in [1.165, 1.54) is 0 Å². The second kappa shape index (κ2) is 8.10. The predicted octanol–water partition coefficient (Wildman–Crippen LogP) is 0.327. The van der Waals surface area contributed by atoms with E-state index in [-0.39, 0.29) is 0 Å². The summed E-state index contributed by atoms with van der Waals surface area (Å²) in [6.07, 6.45) is -0.426. The van der Waals surface area contributed by atoms with Crippen molar-refractivity contribution >= 4 is 6.09 Å². The normalized spacial score (nSPS) is 13.1. The Bertz CT molecular complexity index is 335. The van der Waals surface area contributed by atoms with Gasteiger partial charge in [0.05, 0.1) is 25.4 Å². The highest BCUT2D eigenvalue weighted by atomic mass is 16.6. The van der Waals surface area contributed by atoms with Crippen LogP contribution < -0.4 is 5.32 Å². The molecule has 22 heavy (non-hydrogen) atoms. The predicted molar refractivity (Wildman–Crippen MR) is 84.7 cm³/mol. The van der Waals surface area contributed by atoms with Crippen molar-refractivity contribution in [3.8, 4) is 0 Å². The molecule has 7 nitrogen and oxygen atoms in total. The first-order valence-corrected chi connectivity index (χ1v) is 7.49. The van der Waals surface area contributed by atoms with Crippen molar-refractivity contribution in [2.24, 2.45) is 0 Å². The van der Waals surface area contributed by atoms with Gasteiger partial charge in [0.25, 0.3) is 0 Å². The average Bonchev–Trinajstić information content (AvgIpc) is 2.36. The first-order valence-electron chi connectivity index (χ1n) is 7.49. The molecule has 0 atom stereocenters. The Morgan fingerprint density at radius 3 is 1.77 bits per heavy atom. The van der Waals surface area contributed by atoms with E-state index in [1.807, 2.05) is 20.8 Å². The zero-order valence-corrected chi connectivity index (χ0v) is 14.6. The highest BCUT2D eigenvalue weighted by molar-refractivity contribution is 5.69. The van der Waals surface area contributed by atoms with E-state index in [2.05, 4.69) is 5.32 Å². The van der Waals surface area contributed by atoms with Gasteiger partial charge in [0.2, 0.25) is 0 Å². The van der Waals surface area contributed by atoms with E-state index in [9.17, 15) is 20.1 Å². The van der Waals surface area contributed by atoms with Gasteiger partial charge in [-0.15, -0.1) is 0 Å². The number of carbonyl (C=O) groups excluding carboxylic acids is 1. The van der Waals surface area contributed by atoms with Crippen LogP contribution in [0, 0.1) is 0 Å². The van der Waals surface area contributed by atoms with Gasteiger partial charge in [0.1, 0.15) is 5.60 Å². The van der Waals surface area contributed by atoms with Gasteiger partial charge in [-0.3, -0.25) is 0 Å². The number of aliphatic hydroxyl groups is 3. The van der Waals surface area contributed by atoms with Crippen molar-refractivity contribution in [3.63, 3.8) is 0 Å². The molecule has 1 amide bonds. The van der Waals surface area contributed by atoms with E-state index in [4.69, 9.17) is 4.74 Å². The minimum Gasteiger partial charge on any atom is -0.444 e. The Morgan fingerprint density at radius 2 is 1.45 bits per heavy atom. The summed E-state index contributed by atoms with van der Waals surface area (Å²) in [5, 5.41) is 30.7. The fourth-order valence-corrected chi connectivity index (χ4v) is 1.77. The summed E-state index contributed by atoms with van der Waals surface area (Å²) in [6, 6.07) is 0. The molecule has 0 unspecified atom stereocenters. The Balaban J connectivity index is 4.80. The van der Waals surface area contributed by atoms with Crippen LogP contribution in [-0.4, -0.2) is 75.9 Å². The third kappa shape index (κ3) is 6.91. The van der Waals surface area contributed by atoms with Crippen molar-refractivity contribution in [1.29, 1.82) is 0 Å². The molecular formula is C15H32N2O5. The fourth-order valence-electron chi connectivity index (χ4n) is 1.77. The molecule has 0 aliphatic carbocycles. The molecule has 0 bridgehead atoms. The monoisotopic (exact) mass is 320 g/mol. The van der Waals surface area contributed by atoms with E-state index >= 15 is 0 Å². The van der Waals surface area contributed by atoms with Crippen molar-refractivity contribution < 1.29 is 24.9 Å². The summed E-state index contributed by atoms with van der Waals surface area (Å²) in [4.78, 5) is 13.9. The van der Waals surface area contributed by atoms with Crippen molar-refractivity contribution in [1.82, 2.24) is 10.2 Å². The third-order valence-corrected chi connectivity index (χ3v) is 3.17. The van der Waals surface area contributed by atoms with Crippen molar-refractivity contribution in [3.05, 3.63) is 0 Å². The summed E-state index contributed by atoms with van der Waals surface area (Å²) in [5.74, 6) is 0. The average molecular weight is 320 g/mol. The second-order valence-corrected chi connectivity index (χ2v) is 7.48. The lowest BCUT2D eigenvalue weighted by molar-refractivity contribution is 0.00329. The van der Waals surface area contributed by atoms with Gasteiger partial charge >= 0.3 is 6.09 Å². The zero-order chi connectivity index (χ0) is 17.6. The van der Waals surface area contributed by atoms with Crippen LogP contribution in [0.4, 0.5) is 4.79 Å². The number of nitrogens with zero attached hydrogens (tertiary/aromatic N) is 1. The van der Waals surface area contributed by atoms with Crippen LogP contribution in [0.1, 0.15) is 41.5 Å². The van der Waals surface area contributed by atoms with Gasteiger partial charge in [0, 0.05) is 18.6 Å². The molecular weight excluding hydrogens is 288 g/mol. The maximum Gasteiger partial charge on any atom is 0.410 e. The quantitative estimate of drug-likeness (QED) is 0.539. The van der Waals surface area contributed by atoms with Crippen LogP contribution in [0.5, 0.6) is 0 Å². The van der Waals surface area contributed by atoms with E-state index in [1.54, 1.807) is 25.7 Å². The van der Waals surface area contributed by atoms with Crippen LogP contribution in [0.3, 0.4) is 0 Å². The van der Waals surface area contributed by atoms with Crippen LogP contribution in [-0.2, 0) is 4.74 Å². The van der Waals surface area contributed by atoms with Crippen LogP contribution in [0.25, 0.3) is 0 Å². The summed E-state index contributed by atoms with van der Waals surface area (Å²) in [5.41, 5.74) is -2.18. The lowest BCUT2D eigenvalue weighted by Crippen LogP contribution is -2.58. The van der Waals surface area contributed by atoms with Gasteiger partial charge in [-0.25, -0.2) is 4.79 Å². The summed E-state index contributed by atoms with van der Waals surface area (Å²) in [6.45, 7) is 10.5. The van der Waals surface area contributed by atoms with E-state index in [0.717, 1.165) is 0 Å². The van der Waals surface area contributed by atoms with Crippen LogP contribution in [0.2, 0.25) is 0 Å². The number of carbonyl (C=O) groups is 1. The minimum atomic E-state index is -1.16. The number of nitrogens with one attached hydrogen (secondary N) is 1. The first kappa shape index (κ1) is 21.1. The summed E-state index contributed by atoms with van der Waals surface area (Å²) in [7, 11) is 0. The smallest absolute Gasteiger partial charge is 0.410 e. The molecule has 0 saturated carbocycles. The number of amides is 1. The van der Waals surface area contributed by atoms with Crippen LogP contribution in [0.15, 0.2) is 0 Å². The molecule has 0 aliphatic heterocycles. The molecule has 0 aromatic carbocycles. The van der Waals surface area contributed by atoms with Crippen molar-refractivity contribution in [2.75, 3.05) is 32.9 Å². The molecule has 0 aromatic rings. The van der Waals surface area contributed by atoms with Gasteiger partial charge in [-0.05, 0) is 41.5 Å². The van der Waals surface area contributed by atoms with Gasteiger partial charge in [-0.1, -0.05) is 0 Å². The van der Waals surface area contributed by atoms with E-state index in [0.29, 0.717) is 13.1 Å². The standard InChI is InChI=1S/C15H32N2O5/c1-13(2,3)17(12(21)22-14(4,5)6)8-7-16-15(9-18,10-19)11-20/h16,18-20H,7-11H2,1-6H3. The van der Waals surface area contributed by atoms with Gasteiger partial charge in [0.15, 0.2) is 0 Å². The molecule has 0 aliphatic rings. The van der Waals surface area contributed by atoms with Crippen molar-refractivity contribution in [2.45, 2.75) is 58.2 Å². The molecule has 4 N–H and O–H groups in total. The largest absolute Gasteiger partial charge is 0.444 e. The third-order valence-electron chi connectivity index (χ3n) is 3.17. The molecule has 0 saturated heterocycles. The molecule has 0 aromatic heterocycles. The number of hydrogen-bond acceptors (Lipinski definition) is 6. The summed E-state index contributed by atoms with van der Waals surface area (Å²) >= 11 is 0. The van der Waals surface area contributed by atoms with Gasteiger partial charge in [-0.2, -0.15) is 0 Å². The summed E-state index contributed by atoms with van der Waals surface area (Å²) < 4.78 is 5.40. The zero-order valence-electron chi connectivity index (χ0n) is 14.6. The minimum absolute atomic E-state index is 0.304. The fraction of sp³-hybridized carbons (Fsp3) is 0.933. The molecule has 132 valence electrons. The second-order valence-electron chi connectivity index (χ2n) is 7.48. The number of hydrogen-bond donors (Lipinski definition) is 4. The molecule has 0 fully saturated rings. The molecule has 0 rings (SSSR count). The maximum absolute atomic E-state index is 12.3. The molecule has 0 spiro atoms. The number of aliphatic hydroxyl groups excluding tert-OH is 3. The highest BCUT2D eigenvalue weighted by Gasteiger charge is 2.32. The Morgan fingerprint density at radius 1 is 1.00 bits per heavy atom. The Hall–Kier alpha value is -0.890. The topological polar surface area (TPSA) is 102 Å². The number of ether oxygens (including phenoxy) is 1. The lowest BCUT2D eigenvalue weighted by Gasteiger charge is -2.38.